The van der Waals surface area contributed by atoms with E-state index in [0.29, 0.717) is 30.8 Å². The molecule has 1 aliphatic carbocycles. The van der Waals surface area contributed by atoms with Crippen LogP contribution in [0, 0.1) is 0 Å². The lowest BCUT2D eigenvalue weighted by molar-refractivity contribution is -0.134. The van der Waals surface area contributed by atoms with Crippen LogP contribution in [0.5, 0.6) is 5.75 Å². The van der Waals surface area contributed by atoms with Gasteiger partial charge >= 0.3 is 0 Å². The fourth-order valence-electron chi connectivity index (χ4n) is 5.58. The summed E-state index contributed by atoms with van der Waals surface area (Å²) >= 11 is 0. The van der Waals surface area contributed by atoms with E-state index in [0.717, 1.165) is 35.3 Å². The first-order valence-electron chi connectivity index (χ1n) is 12.2. The van der Waals surface area contributed by atoms with Crippen LogP contribution in [-0.2, 0) is 9.59 Å². The number of methoxy groups -OCH3 is 1. The lowest BCUT2D eigenvalue weighted by Gasteiger charge is -2.35. The van der Waals surface area contributed by atoms with E-state index in [4.69, 9.17) is 9.72 Å². The number of imidazole rings is 1. The molecule has 3 aromatic rings. The molecule has 34 heavy (non-hydrogen) atoms. The summed E-state index contributed by atoms with van der Waals surface area (Å²) in [5, 5.41) is 2.89. The minimum absolute atomic E-state index is 0.0371. The Balaban J connectivity index is 1.15. The van der Waals surface area contributed by atoms with Crippen molar-refractivity contribution in [2.45, 2.75) is 56.4 Å². The van der Waals surface area contributed by atoms with Crippen molar-refractivity contribution in [3.05, 3.63) is 47.9 Å². The molecule has 6 rings (SSSR count). The zero-order valence-electron chi connectivity index (χ0n) is 19.4. The number of carbonyl (C=O) groups excluding carboxylic acids is 2. The zero-order chi connectivity index (χ0) is 23.2. The van der Waals surface area contributed by atoms with Crippen LogP contribution in [0.1, 0.15) is 67.8 Å². The van der Waals surface area contributed by atoms with Gasteiger partial charge in [-0.25, -0.2) is 9.97 Å². The Bertz CT molecular complexity index is 1260. The molecule has 2 amide bonds. The van der Waals surface area contributed by atoms with Gasteiger partial charge in [-0.3, -0.25) is 9.59 Å². The number of likely N-dealkylation sites (tertiary alicyclic amines) is 1. The van der Waals surface area contributed by atoms with Crippen molar-refractivity contribution in [3.8, 4) is 5.75 Å². The number of anilines is 1. The third kappa shape index (κ3) is 3.52. The van der Waals surface area contributed by atoms with Crippen LogP contribution in [0.15, 0.2) is 36.5 Å². The zero-order valence-corrected chi connectivity index (χ0v) is 19.4. The number of nitrogens with one attached hydrogen (secondary N) is 1. The number of fused-ring (bicyclic) bond motifs is 2. The van der Waals surface area contributed by atoms with E-state index in [2.05, 4.69) is 14.9 Å². The van der Waals surface area contributed by atoms with E-state index in [9.17, 15) is 9.59 Å². The van der Waals surface area contributed by atoms with Gasteiger partial charge in [0, 0.05) is 49.4 Å². The second-order valence-electron chi connectivity index (χ2n) is 9.63. The number of nitrogens with zero attached hydrogens (tertiary/aromatic N) is 4. The molecular weight excluding hydrogens is 430 g/mol. The summed E-state index contributed by atoms with van der Waals surface area (Å²) in [5.74, 6) is 1.85. The van der Waals surface area contributed by atoms with Crippen molar-refractivity contribution in [2.75, 3.05) is 25.5 Å². The number of benzene rings is 1. The molecule has 2 aromatic heterocycles. The van der Waals surface area contributed by atoms with E-state index in [1.165, 1.54) is 25.1 Å². The first-order valence-corrected chi connectivity index (χ1v) is 12.2. The first kappa shape index (κ1) is 21.1. The second kappa shape index (κ2) is 8.42. The molecule has 1 saturated carbocycles. The third-order valence-electron chi connectivity index (χ3n) is 7.72. The number of piperidine rings is 1. The van der Waals surface area contributed by atoms with Gasteiger partial charge in [0.2, 0.25) is 11.8 Å². The summed E-state index contributed by atoms with van der Waals surface area (Å²) in [6, 6.07) is 9.81. The normalized spacial score (nSPS) is 20.8. The van der Waals surface area contributed by atoms with Crippen LogP contribution < -0.4 is 10.1 Å². The topological polar surface area (TPSA) is 89.4 Å². The van der Waals surface area contributed by atoms with Crippen LogP contribution in [-0.4, -0.2) is 51.4 Å². The third-order valence-corrected chi connectivity index (χ3v) is 7.72. The Morgan fingerprint density at radius 3 is 2.74 bits per heavy atom. The SMILES string of the molecule is COc1ccc2c(c1)NC(=O)[C@@H]2CC(=O)N1CCC(n2c(C3CCC3)nc3cccnc32)CC1. The molecule has 2 aliphatic heterocycles. The number of rotatable bonds is 5. The Kier molecular flexibility index (Phi) is 5.23. The highest BCUT2D eigenvalue weighted by molar-refractivity contribution is 6.05. The van der Waals surface area contributed by atoms with Crippen molar-refractivity contribution >= 4 is 28.7 Å². The van der Waals surface area contributed by atoms with E-state index in [1.807, 2.05) is 41.4 Å². The molecule has 176 valence electrons. The number of amides is 2. The molecule has 0 spiro atoms. The molecule has 1 atom stereocenters. The molecule has 1 saturated heterocycles. The molecule has 1 N–H and O–H groups in total. The maximum atomic E-state index is 13.2. The smallest absolute Gasteiger partial charge is 0.232 e. The summed E-state index contributed by atoms with van der Waals surface area (Å²) in [6.07, 6.45) is 7.42. The lowest BCUT2D eigenvalue weighted by atomic mass is 9.84. The Morgan fingerprint density at radius 1 is 1.18 bits per heavy atom. The van der Waals surface area contributed by atoms with Crippen molar-refractivity contribution in [1.29, 1.82) is 0 Å². The average molecular weight is 460 g/mol. The first-order chi connectivity index (χ1) is 16.6. The molecular formula is C26H29N5O3. The number of aromatic nitrogens is 3. The largest absolute Gasteiger partial charge is 0.497 e. The van der Waals surface area contributed by atoms with Gasteiger partial charge in [-0.05, 0) is 49.4 Å². The number of hydrogen-bond acceptors (Lipinski definition) is 5. The molecule has 3 aliphatic rings. The summed E-state index contributed by atoms with van der Waals surface area (Å²) < 4.78 is 7.61. The van der Waals surface area contributed by atoms with Gasteiger partial charge in [0.25, 0.3) is 0 Å². The van der Waals surface area contributed by atoms with Crippen LogP contribution in [0.2, 0.25) is 0 Å². The Labute approximate surface area is 198 Å². The highest BCUT2D eigenvalue weighted by Gasteiger charge is 2.36. The van der Waals surface area contributed by atoms with E-state index in [-0.39, 0.29) is 18.2 Å². The van der Waals surface area contributed by atoms with Crippen LogP contribution in [0.4, 0.5) is 5.69 Å². The van der Waals surface area contributed by atoms with Crippen LogP contribution in [0.25, 0.3) is 11.2 Å². The summed E-state index contributed by atoms with van der Waals surface area (Å²) in [6.45, 7) is 1.37. The quantitative estimate of drug-likeness (QED) is 0.623. The number of carbonyl (C=O) groups is 2. The van der Waals surface area contributed by atoms with Crippen molar-refractivity contribution in [3.63, 3.8) is 0 Å². The van der Waals surface area contributed by atoms with E-state index in [1.54, 1.807) is 7.11 Å². The predicted octanol–water partition coefficient (Wildman–Crippen LogP) is 4.00. The van der Waals surface area contributed by atoms with Crippen molar-refractivity contribution < 1.29 is 14.3 Å². The monoisotopic (exact) mass is 459 g/mol. The molecule has 2 fully saturated rings. The average Bonchev–Trinajstić information content (AvgIpc) is 3.34. The highest BCUT2D eigenvalue weighted by Crippen LogP contribution is 2.40. The molecule has 1 aromatic carbocycles. The molecule has 8 nitrogen and oxygen atoms in total. The number of pyridine rings is 1. The summed E-state index contributed by atoms with van der Waals surface area (Å²) in [5.41, 5.74) is 3.54. The van der Waals surface area contributed by atoms with Crippen LogP contribution in [0.3, 0.4) is 0 Å². The second-order valence-corrected chi connectivity index (χ2v) is 9.63. The minimum atomic E-state index is -0.446. The van der Waals surface area contributed by atoms with Gasteiger partial charge in [0.15, 0.2) is 5.65 Å². The minimum Gasteiger partial charge on any atom is -0.497 e. The Hall–Kier alpha value is -3.42. The molecule has 0 bridgehead atoms. The molecule has 8 heteroatoms. The van der Waals surface area contributed by atoms with E-state index < -0.39 is 5.92 Å². The highest BCUT2D eigenvalue weighted by atomic mass is 16.5. The summed E-state index contributed by atoms with van der Waals surface area (Å²) in [4.78, 5) is 37.2. The van der Waals surface area contributed by atoms with Gasteiger partial charge in [-0.15, -0.1) is 0 Å². The van der Waals surface area contributed by atoms with Gasteiger partial charge in [0.05, 0.1) is 13.0 Å². The van der Waals surface area contributed by atoms with Gasteiger partial charge in [-0.1, -0.05) is 12.5 Å². The van der Waals surface area contributed by atoms with Crippen molar-refractivity contribution in [1.82, 2.24) is 19.4 Å². The standard InChI is InChI=1S/C26H29N5O3/c1-34-18-7-8-19-20(26(33)29-22(19)14-18)15-23(32)30-12-9-17(10-13-30)31-24(16-4-2-5-16)28-21-6-3-11-27-25(21)31/h3,6-8,11,14,16-17,20H,2,4-5,9-10,12-13,15H2,1H3,(H,29,33)/t20-/m1/s1. The van der Waals surface area contributed by atoms with Gasteiger partial charge < -0.3 is 19.5 Å². The molecule has 0 unspecified atom stereocenters. The molecule has 4 heterocycles. The molecule has 0 radical (unpaired) electrons. The van der Waals surface area contributed by atoms with Crippen LogP contribution >= 0.6 is 0 Å². The van der Waals surface area contributed by atoms with Gasteiger partial charge in [0.1, 0.15) is 17.1 Å². The number of ether oxygens (including phenoxy) is 1. The lowest BCUT2D eigenvalue weighted by Crippen LogP contribution is -2.40. The fourth-order valence-corrected chi connectivity index (χ4v) is 5.58. The van der Waals surface area contributed by atoms with E-state index >= 15 is 0 Å². The summed E-state index contributed by atoms with van der Waals surface area (Å²) in [7, 11) is 1.60. The maximum Gasteiger partial charge on any atom is 0.232 e. The predicted molar refractivity (Wildman–Crippen MR) is 128 cm³/mol. The maximum absolute atomic E-state index is 13.2. The number of hydrogen-bond donors (Lipinski definition) is 1. The Morgan fingerprint density at radius 2 is 2.00 bits per heavy atom. The van der Waals surface area contributed by atoms with Gasteiger partial charge in [-0.2, -0.15) is 0 Å². The fraction of sp³-hybridized carbons (Fsp3) is 0.462. The van der Waals surface area contributed by atoms with Crippen molar-refractivity contribution in [2.24, 2.45) is 0 Å².